The van der Waals surface area contributed by atoms with Gasteiger partial charge in [0.15, 0.2) is 11.6 Å². The highest BCUT2D eigenvalue weighted by atomic mass is 19.2. The molecular formula is C23H36F2O3. The van der Waals surface area contributed by atoms with E-state index in [2.05, 4.69) is 6.92 Å². The third kappa shape index (κ3) is 8.57. The molecule has 1 aromatic carbocycles. The van der Waals surface area contributed by atoms with E-state index in [1.807, 2.05) is 6.92 Å². The summed E-state index contributed by atoms with van der Waals surface area (Å²) in [6, 6.07) is 2.63. The summed E-state index contributed by atoms with van der Waals surface area (Å²) in [5.74, 6) is -2.49. The molecule has 0 spiro atoms. The molecular weight excluding hydrogens is 362 g/mol. The minimum absolute atomic E-state index is 0.0441. The number of phenolic OH excluding ortho intramolecular Hbond substituents is 1. The lowest BCUT2D eigenvalue weighted by molar-refractivity contribution is -0.143. The molecule has 0 aliphatic heterocycles. The van der Waals surface area contributed by atoms with E-state index in [1.165, 1.54) is 37.8 Å². The topological polar surface area (TPSA) is 57.5 Å². The van der Waals surface area contributed by atoms with Crippen LogP contribution in [0, 0.1) is 23.5 Å². The molecule has 0 bridgehead atoms. The summed E-state index contributed by atoms with van der Waals surface area (Å²) < 4.78 is 26.0. The highest BCUT2D eigenvalue weighted by Gasteiger charge is 2.25. The van der Waals surface area contributed by atoms with Crippen LogP contribution >= 0.6 is 0 Å². The van der Waals surface area contributed by atoms with Crippen LogP contribution in [0.2, 0.25) is 0 Å². The SMILES string of the molecule is CCCCCC1CCC(C(=O)O)CC1.CCCCCc1ccc(O)c(F)c1F. The monoisotopic (exact) mass is 398 g/mol. The van der Waals surface area contributed by atoms with Gasteiger partial charge in [-0.3, -0.25) is 4.79 Å². The molecule has 1 saturated carbocycles. The third-order valence-electron chi connectivity index (χ3n) is 5.60. The Labute approximate surface area is 168 Å². The molecule has 1 fully saturated rings. The highest BCUT2D eigenvalue weighted by molar-refractivity contribution is 5.69. The number of benzene rings is 1. The normalized spacial score (nSPS) is 19.0. The van der Waals surface area contributed by atoms with Gasteiger partial charge in [-0.25, -0.2) is 4.39 Å². The number of hydrogen-bond acceptors (Lipinski definition) is 2. The van der Waals surface area contributed by atoms with Gasteiger partial charge in [-0.1, -0.05) is 58.4 Å². The Morgan fingerprint density at radius 3 is 2.14 bits per heavy atom. The van der Waals surface area contributed by atoms with Crippen LogP contribution in [0.4, 0.5) is 8.78 Å². The van der Waals surface area contributed by atoms with E-state index in [4.69, 9.17) is 10.2 Å². The zero-order chi connectivity index (χ0) is 20.9. The lowest BCUT2D eigenvalue weighted by atomic mass is 9.80. The Balaban J connectivity index is 0.000000280. The number of hydrogen-bond donors (Lipinski definition) is 2. The fraction of sp³-hybridized carbons (Fsp3) is 0.696. The van der Waals surface area contributed by atoms with Crippen molar-refractivity contribution in [3.8, 4) is 5.75 Å². The quantitative estimate of drug-likeness (QED) is 0.447. The summed E-state index contributed by atoms with van der Waals surface area (Å²) >= 11 is 0. The maximum absolute atomic E-state index is 13.2. The van der Waals surface area contributed by atoms with Gasteiger partial charge >= 0.3 is 5.97 Å². The van der Waals surface area contributed by atoms with Gasteiger partial charge in [0.25, 0.3) is 0 Å². The van der Waals surface area contributed by atoms with Crippen LogP contribution in [0.15, 0.2) is 12.1 Å². The van der Waals surface area contributed by atoms with Crippen molar-refractivity contribution in [1.29, 1.82) is 0 Å². The first-order chi connectivity index (χ1) is 13.4. The van der Waals surface area contributed by atoms with Crippen LogP contribution in [0.5, 0.6) is 5.75 Å². The smallest absolute Gasteiger partial charge is 0.306 e. The van der Waals surface area contributed by atoms with Crippen molar-refractivity contribution in [2.75, 3.05) is 0 Å². The van der Waals surface area contributed by atoms with Crippen LogP contribution in [-0.2, 0) is 11.2 Å². The first-order valence-corrected chi connectivity index (χ1v) is 10.8. The zero-order valence-corrected chi connectivity index (χ0v) is 17.4. The van der Waals surface area contributed by atoms with Crippen molar-refractivity contribution in [2.45, 2.75) is 90.9 Å². The maximum atomic E-state index is 13.2. The number of halogens is 2. The van der Waals surface area contributed by atoms with Crippen molar-refractivity contribution < 1.29 is 23.8 Å². The van der Waals surface area contributed by atoms with E-state index >= 15 is 0 Å². The van der Waals surface area contributed by atoms with Crippen molar-refractivity contribution in [2.24, 2.45) is 11.8 Å². The van der Waals surface area contributed by atoms with Crippen LogP contribution in [0.25, 0.3) is 0 Å². The number of rotatable bonds is 9. The molecule has 1 aliphatic carbocycles. The zero-order valence-electron chi connectivity index (χ0n) is 17.4. The molecule has 2 N–H and O–H groups in total. The lowest BCUT2D eigenvalue weighted by Gasteiger charge is -2.25. The van der Waals surface area contributed by atoms with Crippen LogP contribution in [0.3, 0.4) is 0 Å². The molecule has 0 unspecified atom stereocenters. The molecule has 0 amide bonds. The molecule has 28 heavy (non-hydrogen) atoms. The van der Waals surface area contributed by atoms with E-state index in [1.54, 1.807) is 0 Å². The van der Waals surface area contributed by atoms with E-state index in [0.29, 0.717) is 12.0 Å². The number of carboxylic acids is 1. The summed E-state index contributed by atoms with van der Waals surface area (Å²) in [5, 5.41) is 17.7. The molecule has 2 rings (SSSR count). The molecule has 1 aromatic rings. The second-order valence-electron chi connectivity index (χ2n) is 7.88. The van der Waals surface area contributed by atoms with E-state index < -0.39 is 23.4 Å². The van der Waals surface area contributed by atoms with E-state index in [9.17, 15) is 13.6 Å². The Morgan fingerprint density at radius 2 is 1.57 bits per heavy atom. The van der Waals surface area contributed by atoms with Gasteiger partial charge in [-0.2, -0.15) is 4.39 Å². The largest absolute Gasteiger partial charge is 0.505 e. The fourth-order valence-electron chi connectivity index (χ4n) is 3.72. The van der Waals surface area contributed by atoms with Crippen molar-refractivity contribution >= 4 is 5.97 Å². The summed E-state index contributed by atoms with van der Waals surface area (Å²) in [5.41, 5.74) is 0.341. The van der Waals surface area contributed by atoms with E-state index in [-0.39, 0.29) is 5.92 Å². The number of aromatic hydroxyl groups is 1. The lowest BCUT2D eigenvalue weighted by Crippen LogP contribution is -2.21. The van der Waals surface area contributed by atoms with Crippen LogP contribution in [-0.4, -0.2) is 16.2 Å². The first kappa shape index (κ1) is 24.4. The average molecular weight is 399 g/mol. The summed E-state index contributed by atoms with van der Waals surface area (Å²) in [6.45, 7) is 4.27. The van der Waals surface area contributed by atoms with Gasteiger partial charge in [0, 0.05) is 0 Å². The number of unbranched alkanes of at least 4 members (excludes halogenated alkanes) is 4. The average Bonchev–Trinajstić information content (AvgIpc) is 2.69. The van der Waals surface area contributed by atoms with Gasteiger partial charge < -0.3 is 10.2 Å². The summed E-state index contributed by atoms with van der Waals surface area (Å²) in [6.07, 6.45) is 12.8. The predicted molar refractivity (Wildman–Crippen MR) is 108 cm³/mol. The molecule has 5 heteroatoms. The van der Waals surface area contributed by atoms with Gasteiger partial charge in [-0.05, 0) is 56.1 Å². The highest BCUT2D eigenvalue weighted by Crippen LogP contribution is 2.32. The Morgan fingerprint density at radius 1 is 0.964 bits per heavy atom. The molecule has 0 atom stereocenters. The molecule has 0 heterocycles. The molecule has 3 nitrogen and oxygen atoms in total. The second-order valence-corrected chi connectivity index (χ2v) is 7.88. The van der Waals surface area contributed by atoms with Gasteiger partial charge in [-0.15, -0.1) is 0 Å². The third-order valence-corrected chi connectivity index (χ3v) is 5.60. The number of carboxylic acid groups (broad SMARTS) is 1. The molecule has 160 valence electrons. The molecule has 0 radical (unpaired) electrons. The van der Waals surface area contributed by atoms with Crippen LogP contribution < -0.4 is 0 Å². The second kappa shape index (κ2) is 13.5. The number of aryl methyl sites for hydroxylation is 1. The summed E-state index contributed by atoms with van der Waals surface area (Å²) in [4.78, 5) is 10.7. The molecule has 0 aromatic heterocycles. The van der Waals surface area contributed by atoms with Crippen molar-refractivity contribution in [1.82, 2.24) is 0 Å². The molecule has 0 saturated heterocycles. The summed E-state index contributed by atoms with van der Waals surface area (Å²) in [7, 11) is 0. The minimum Gasteiger partial charge on any atom is -0.505 e. The number of aliphatic carboxylic acids is 1. The maximum Gasteiger partial charge on any atom is 0.306 e. The van der Waals surface area contributed by atoms with Crippen molar-refractivity contribution in [3.05, 3.63) is 29.3 Å². The fourth-order valence-corrected chi connectivity index (χ4v) is 3.72. The van der Waals surface area contributed by atoms with Gasteiger partial charge in [0.05, 0.1) is 5.92 Å². The number of carbonyl (C=O) groups is 1. The Hall–Kier alpha value is -1.65. The van der Waals surface area contributed by atoms with E-state index in [0.717, 1.165) is 50.9 Å². The number of phenols is 1. The van der Waals surface area contributed by atoms with Gasteiger partial charge in [0.1, 0.15) is 0 Å². The van der Waals surface area contributed by atoms with Crippen LogP contribution in [0.1, 0.15) is 90.0 Å². The predicted octanol–water partition coefficient (Wildman–Crippen LogP) is 6.86. The first-order valence-electron chi connectivity index (χ1n) is 10.8. The minimum atomic E-state index is -1.14. The molecule has 1 aliphatic rings. The van der Waals surface area contributed by atoms with Gasteiger partial charge in [0.2, 0.25) is 5.82 Å². The Kier molecular flexibility index (Phi) is 11.8. The Bertz CT molecular complexity index is 581. The standard InChI is InChI=1S/C12H22O2.C11H14F2O/c1-2-3-4-5-10-6-8-11(9-7-10)12(13)14;1-2-3-4-5-8-6-7-9(14)11(13)10(8)12/h10-11H,2-9H2,1H3,(H,13,14);6-7,14H,2-5H2,1H3. The van der Waals surface area contributed by atoms with Crippen molar-refractivity contribution in [3.63, 3.8) is 0 Å².